The summed E-state index contributed by atoms with van der Waals surface area (Å²) in [5.41, 5.74) is 0.697. The number of hydrogen-bond acceptors (Lipinski definition) is 8. The molecule has 0 radical (unpaired) electrons. The van der Waals surface area contributed by atoms with Gasteiger partial charge < -0.3 is 24.6 Å². The Morgan fingerprint density at radius 3 is 2.66 bits per heavy atom. The van der Waals surface area contributed by atoms with Gasteiger partial charge in [-0.25, -0.2) is 0 Å². The molecule has 2 fully saturated rings. The standard InChI is InChI=1S/C19H21NO4.C17H23NO2/c1-2-8-20-9-7-18-15-11-3-4-12(21)16(15)24-17(18)13(22)5-6-19(18,23)14(20)10-11;1-4-20-16(19)17(14-10-6-5-7-11-14)13-9-8-12-15(17)18(2)3/h2-4,14,17,21,23H,1,5-10H2;5-8,10-12,15H,4,9,13H2,1-3H3/t14-,17+,18+,19-;15-,17+/m11/s1. The molecule has 0 aromatic heterocycles. The molecule has 2 aromatic rings. The van der Waals surface area contributed by atoms with Crippen LogP contribution in [0.1, 0.15) is 55.7 Å². The van der Waals surface area contributed by atoms with Gasteiger partial charge >= 0.3 is 5.97 Å². The molecule has 234 valence electrons. The lowest BCUT2D eigenvalue weighted by atomic mass is 9.49. The third-order valence-electron chi connectivity index (χ3n) is 10.7. The third kappa shape index (κ3) is 4.29. The molecule has 6 atom stereocenters. The van der Waals surface area contributed by atoms with Crippen LogP contribution in [-0.4, -0.2) is 89.3 Å². The number of carbonyl (C=O) groups is 2. The summed E-state index contributed by atoms with van der Waals surface area (Å²) in [5.74, 6) is 0.412. The number of Topliss-reactive ketones (excluding diaryl/α,β-unsaturated/α-hetero) is 1. The molecule has 44 heavy (non-hydrogen) atoms. The van der Waals surface area contributed by atoms with E-state index in [4.69, 9.17) is 9.47 Å². The number of nitrogens with zero attached hydrogens (tertiary/aromatic N) is 2. The lowest BCUT2D eigenvalue weighted by Crippen LogP contribution is -2.76. The van der Waals surface area contributed by atoms with E-state index in [0.717, 1.165) is 42.6 Å². The molecule has 7 rings (SSSR count). The highest BCUT2D eigenvalue weighted by Crippen LogP contribution is 2.64. The Morgan fingerprint density at radius 1 is 1.18 bits per heavy atom. The van der Waals surface area contributed by atoms with Crippen LogP contribution in [0.4, 0.5) is 0 Å². The van der Waals surface area contributed by atoms with Crippen LogP contribution in [0.25, 0.3) is 0 Å². The zero-order chi connectivity index (χ0) is 31.3. The Labute approximate surface area is 260 Å². The first-order chi connectivity index (χ1) is 21.2. The van der Waals surface area contributed by atoms with E-state index in [1.807, 2.05) is 63.5 Å². The van der Waals surface area contributed by atoms with E-state index in [0.29, 0.717) is 38.0 Å². The molecule has 2 aliphatic heterocycles. The zero-order valence-electron chi connectivity index (χ0n) is 26.0. The highest BCUT2D eigenvalue weighted by molar-refractivity contribution is 5.90. The molecular weight excluding hydrogens is 556 g/mol. The highest BCUT2D eigenvalue weighted by atomic mass is 16.5. The van der Waals surface area contributed by atoms with E-state index in [9.17, 15) is 19.8 Å². The number of aromatic hydroxyl groups is 1. The second-order valence-corrected chi connectivity index (χ2v) is 13.0. The van der Waals surface area contributed by atoms with Gasteiger partial charge in [-0.1, -0.05) is 54.6 Å². The SMILES string of the molecule is C=CCN1CC[C@]23c4c5ccc(O)c4O[C@H]2C(=O)CC[C@@]3(O)[C@H]1C5.CCOC(=O)[C@]1(c2ccccc2)CCC=C[C@H]1N(C)C. The van der Waals surface area contributed by atoms with Gasteiger partial charge in [-0.05, 0) is 70.3 Å². The minimum Gasteiger partial charge on any atom is -0.504 e. The summed E-state index contributed by atoms with van der Waals surface area (Å²) in [6.07, 6.45) is 9.32. The van der Waals surface area contributed by atoms with Crippen molar-refractivity contribution in [3.63, 3.8) is 0 Å². The molecule has 0 amide bonds. The first kappa shape index (κ1) is 30.6. The largest absolute Gasteiger partial charge is 0.504 e. The molecule has 8 heteroatoms. The van der Waals surface area contributed by atoms with Crippen LogP contribution >= 0.6 is 0 Å². The van der Waals surface area contributed by atoms with E-state index in [2.05, 4.69) is 28.5 Å². The molecule has 3 aliphatic carbocycles. The number of benzene rings is 2. The molecule has 5 aliphatic rings. The van der Waals surface area contributed by atoms with Crippen molar-refractivity contribution >= 4 is 11.8 Å². The number of likely N-dealkylation sites (N-methyl/N-ethyl adjacent to an activating group) is 1. The average Bonchev–Trinajstić information content (AvgIpc) is 3.39. The number of ketones is 1. The fourth-order valence-corrected chi connectivity index (χ4v) is 8.91. The van der Waals surface area contributed by atoms with Gasteiger partial charge in [0, 0.05) is 37.2 Å². The summed E-state index contributed by atoms with van der Waals surface area (Å²) in [6.45, 7) is 7.64. The van der Waals surface area contributed by atoms with Gasteiger partial charge in [0.15, 0.2) is 23.4 Å². The predicted octanol–water partition coefficient (Wildman–Crippen LogP) is 4.07. The summed E-state index contributed by atoms with van der Waals surface area (Å²) >= 11 is 0. The Hall–Kier alpha value is -3.46. The van der Waals surface area contributed by atoms with Crippen molar-refractivity contribution < 1.29 is 29.3 Å². The maximum Gasteiger partial charge on any atom is 0.318 e. The van der Waals surface area contributed by atoms with Crippen molar-refractivity contribution in [2.75, 3.05) is 33.8 Å². The number of phenolic OH excluding ortho intramolecular Hbond substituents is 1. The van der Waals surface area contributed by atoms with Crippen LogP contribution < -0.4 is 4.74 Å². The molecule has 2 heterocycles. The molecular formula is C36H44N2O6. The van der Waals surface area contributed by atoms with Gasteiger partial charge in [-0.3, -0.25) is 14.5 Å². The van der Waals surface area contributed by atoms with Crippen molar-refractivity contribution in [1.82, 2.24) is 9.80 Å². The average molecular weight is 601 g/mol. The Balaban J connectivity index is 0.000000159. The Morgan fingerprint density at radius 2 is 1.95 bits per heavy atom. The Bertz CT molecular complexity index is 1470. The third-order valence-corrected chi connectivity index (χ3v) is 10.7. The summed E-state index contributed by atoms with van der Waals surface area (Å²) in [4.78, 5) is 29.8. The van der Waals surface area contributed by atoms with Crippen molar-refractivity contribution in [1.29, 1.82) is 0 Å². The number of phenols is 1. The predicted molar refractivity (Wildman–Crippen MR) is 168 cm³/mol. The molecule has 2 N–H and O–H groups in total. The van der Waals surface area contributed by atoms with Crippen molar-refractivity contribution in [2.45, 2.75) is 80.1 Å². The molecule has 2 bridgehead atoms. The van der Waals surface area contributed by atoms with Gasteiger partial charge in [0.05, 0.1) is 17.6 Å². The van der Waals surface area contributed by atoms with E-state index in [1.54, 1.807) is 6.07 Å². The van der Waals surface area contributed by atoms with Crippen LogP contribution in [0.15, 0.2) is 67.3 Å². The van der Waals surface area contributed by atoms with E-state index in [1.165, 1.54) is 0 Å². The lowest BCUT2D eigenvalue weighted by molar-refractivity contribution is -0.187. The number of likely N-dealkylation sites (tertiary alicyclic amines) is 1. The van der Waals surface area contributed by atoms with Crippen molar-refractivity contribution in [3.05, 3.63) is 84.0 Å². The number of hydrogen-bond donors (Lipinski definition) is 2. The van der Waals surface area contributed by atoms with E-state index in [-0.39, 0.29) is 29.6 Å². The fraction of sp³-hybridized carbons (Fsp3) is 0.500. The number of rotatable bonds is 6. The summed E-state index contributed by atoms with van der Waals surface area (Å²) in [6, 6.07) is 13.6. The van der Waals surface area contributed by atoms with Crippen LogP contribution in [0.5, 0.6) is 11.5 Å². The maximum absolute atomic E-state index is 12.8. The zero-order valence-corrected chi connectivity index (χ0v) is 26.0. The molecule has 8 nitrogen and oxygen atoms in total. The smallest absolute Gasteiger partial charge is 0.318 e. The highest BCUT2D eigenvalue weighted by Gasteiger charge is 2.73. The van der Waals surface area contributed by atoms with Gasteiger partial charge in [0.1, 0.15) is 5.41 Å². The first-order valence-corrected chi connectivity index (χ1v) is 15.8. The number of carbonyl (C=O) groups excluding carboxylic acids is 2. The molecule has 0 unspecified atom stereocenters. The maximum atomic E-state index is 12.8. The van der Waals surface area contributed by atoms with Crippen LogP contribution in [-0.2, 0) is 31.6 Å². The quantitative estimate of drug-likeness (QED) is 0.378. The van der Waals surface area contributed by atoms with Crippen molar-refractivity contribution in [3.8, 4) is 11.5 Å². The molecule has 1 saturated carbocycles. The Kier molecular flexibility index (Phi) is 7.97. The normalized spacial score (nSPS) is 33.1. The number of allylic oxidation sites excluding steroid dienone is 1. The summed E-state index contributed by atoms with van der Waals surface area (Å²) in [5, 5.41) is 22.1. The van der Waals surface area contributed by atoms with Gasteiger partial charge in [-0.2, -0.15) is 0 Å². The molecule has 1 saturated heterocycles. The second-order valence-electron chi connectivity index (χ2n) is 13.0. The van der Waals surface area contributed by atoms with Crippen molar-refractivity contribution in [2.24, 2.45) is 0 Å². The van der Waals surface area contributed by atoms with Crippen LogP contribution in [0.3, 0.4) is 0 Å². The van der Waals surface area contributed by atoms with Crippen LogP contribution in [0.2, 0.25) is 0 Å². The van der Waals surface area contributed by atoms with Gasteiger partial charge in [0.2, 0.25) is 0 Å². The number of aliphatic hydroxyl groups is 1. The summed E-state index contributed by atoms with van der Waals surface area (Å²) in [7, 11) is 4.02. The molecule has 2 aromatic carbocycles. The minimum atomic E-state index is -1.00. The fourth-order valence-electron chi connectivity index (χ4n) is 8.91. The lowest BCUT2D eigenvalue weighted by Gasteiger charge is -2.62. The van der Waals surface area contributed by atoms with E-state index < -0.39 is 22.5 Å². The van der Waals surface area contributed by atoms with Gasteiger partial charge in [-0.15, -0.1) is 6.58 Å². The second kappa shape index (κ2) is 11.5. The number of esters is 1. The van der Waals surface area contributed by atoms with E-state index >= 15 is 0 Å². The van der Waals surface area contributed by atoms with Crippen LogP contribution in [0, 0.1) is 0 Å². The number of piperidine rings is 1. The van der Waals surface area contributed by atoms with Gasteiger partial charge in [0.25, 0.3) is 0 Å². The minimum absolute atomic E-state index is 0.0256. The topological polar surface area (TPSA) is 99.5 Å². The number of ether oxygens (including phenoxy) is 2. The molecule has 1 spiro atoms. The monoisotopic (exact) mass is 600 g/mol. The first-order valence-electron chi connectivity index (χ1n) is 15.8. The summed E-state index contributed by atoms with van der Waals surface area (Å²) < 4.78 is 11.4.